The van der Waals surface area contributed by atoms with E-state index < -0.39 is 17.6 Å². The van der Waals surface area contributed by atoms with Gasteiger partial charge in [0, 0.05) is 17.7 Å². The molecule has 0 radical (unpaired) electrons. The molecule has 10 heteroatoms. The number of para-hydroxylation sites is 1. The van der Waals surface area contributed by atoms with Crippen molar-refractivity contribution in [3.05, 3.63) is 94.5 Å². The van der Waals surface area contributed by atoms with Gasteiger partial charge < -0.3 is 20.1 Å². The second-order valence-corrected chi connectivity index (χ2v) is 8.48. The Morgan fingerprint density at radius 3 is 2.00 bits per heavy atom. The predicted molar refractivity (Wildman–Crippen MR) is 144 cm³/mol. The van der Waals surface area contributed by atoms with E-state index in [1.54, 1.807) is 32.9 Å². The lowest BCUT2D eigenvalue weighted by Gasteiger charge is -2.18. The monoisotopic (exact) mass is 536 g/mol. The fourth-order valence-electron chi connectivity index (χ4n) is 3.78. The third-order valence-electron chi connectivity index (χ3n) is 5.52. The lowest BCUT2D eigenvalue weighted by atomic mass is 10.1. The number of aromatic nitrogens is 2. The first-order valence-electron chi connectivity index (χ1n) is 11.9. The molecule has 1 aromatic heterocycles. The molecule has 4 aromatic rings. The van der Waals surface area contributed by atoms with Crippen molar-refractivity contribution < 1.29 is 23.5 Å². The molecule has 38 heavy (non-hydrogen) atoms. The summed E-state index contributed by atoms with van der Waals surface area (Å²) in [6, 6.07) is 17.5. The van der Waals surface area contributed by atoms with Crippen LogP contribution in [0.2, 0.25) is 5.15 Å². The third kappa shape index (κ3) is 5.78. The lowest BCUT2D eigenvalue weighted by Crippen LogP contribution is -2.16. The minimum atomic E-state index is -0.485. The van der Waals surface area contributed by atoms with Gasteiger partial charge in [-0.15, -0.1) is 0 Å². The Morgan fingerprint density at radius 1 is 0.895 bits per heavy atom. The fourth-order valence-corrected chi connectivity index (χ4v) is 4.14. The minimum absolute atomic E-state index is 0.164. The van der Waals surface area contributed by atoms with E-state index in [0.717, 1.165) is 5.69 Å². The highest BCUT2D eigenvalue weighted by molar-refractivity contribution is 6.34. The van der Waals surface area contributed by atoms with E-state index in [0.29, 0.717) is 41.8 Å². The van der Waals surface area contributed by atoms with Crippen molar-refractivity contribution in [1.82, 2.24) is 9.78 Å². The second-order valence-electron chi connectivity index (χ2n) is 8.12. The van der Waals surface area contributed by atoms with E-state index in [9.17, 15) is 14.0 Å². The highest BCUT2D eigenvalue weighted by Gasteiger charge is 2.23. The minimum Gasteiger partial charge on any atom is -0.492 e. The van der Waals surface area contributed by atoms with Crippen molar-refractivity contribution in [3.63, 3.8) is 0 Å². The Hall–Kier alpha value is -4.37. The first kappa shape index (κ1) is 26.7. The number of anilines is 2. The van der Waals surface area contributed by atoms with Crippen LogP contribution in [-0.2, 0) is 0 Å². The molecule has 0 atom stereocenters. The van der Waals surface area contributed by atoms with E-state index in [-0.39, 0.29) is 16.3 Å². The second kappa shape index (κ2) is 11.8. The van der Waals surface area contributed by atoms with E-state index in [2.05, 4.69) is 15.7 Å². The van der Waals surface area contributed by atoms with Gasteiger partial charge in [-0.05, 0) is 57.2 Å². The van der Waals surface area contributed by atoms with Crippen molar-refractivity contribution in [2.75, 3.05) is 23.8 Å². The van der Waals surface area contributed by atoms with Gasteiger partial charge in [-0.3, -0.25) is 9.59 Å². The number of rotatable bonds is 9. The van der Waals surface area contributed by atoms with Gasteiger partial charge in [-0.25, -0.2) is 9.07 Å². The van der Waals surface area contributed by atoms with Crippen molar-refractivity contribution in [1.29, 1.82) is 0 Å². The van der Waals surface area contributed by atoms with Crippen LogP contribution >= 0.6 is 11.6 Å². The quantitative estimate of drug-likeness (QED) is 0.263. The maximum atomic E-state index is 13.4. The molecule has 0 fully saturated rings. The normalized spacial score (nSPS) is 10.7. The summed E-state index contributed by atoms with van der Waals surface area (Å²) in [4.78, 5) is 26.1. The Kier molecular flexibility index (Phi) is 8.28. The standard InChI is InChI=1S/C28H26ClFN4O4/c1-4-37-23-16-22(24(38-5-2)15-21(23)31-27(35)18-11-13-19(30)14-12-18)32-28(36)25-17(3)33-34(26(25)29)20-9-7-6-8-10-20/h6-16H,4-5H2,1-3H3,(H,31,35)(H,32,36). The molecular weight excluding hydrogens is 511 g/mol. The molecule has 1 heterocycles. The first-order valence-corrected chi connectivity index (χ1v) is 12.3. The van der Waals surface area contributed by atoms with Crippen LogP contribution in [0.15, 0.2) is 66.7 Å². The number of carbonyl (C=O) groups is 2. The summed E-state index contributed by atoms with van der Waals surface area (Å²) in [7, 11) is 0. The zero-order chi connectivity index (χ0) is 27.2. The predicted octanol–water partition coefficient (Wildman–Crippen LogP) is 6.28. The number of carbonyl (C=O) groups excluding carboxylic acids is 2. The summed E-state index contributed by atoms with van der Waals surface area (Å²) in [6.07, 6.45) is 0. The van der Waals surface area contributed by atoms with Crippen molar-refractivity contribution in [2.24, 2.45) is 0 Å². The molecule has 2 amide bonds. The smallest absolute Gasteiger partial charge is 0.260 e. The van der Waals surface area contributed by atoms with Crippen LogP contribution in [0.3, 0.4) is 0 Å². The molecule has 2 N–H and O–H groups in total. The van der Waals surface area contributed by atoms with Crippen LogP contribution in [0.1, 0.15) is 40.3 Å². The zero-order valence-electron chi connectivity index (χ0n) is 21.0. The van der Waals surface area contributed by atoms with Gasteiger partial charge in [-0.1, -0.05) is 29.8 Å². The molecule has 0 saturated carbocycles. The number of nitrogens with zero attached hydrogens (tertiary/aromatic N) is 2. The van der Waals surface area contributed by atoms with Crippen LogP contribution in [0.4, 0.5) is 15.8 Å². The lowest BCUT2D eigenvalue weighted by molar-refractivity contribution is 0.101. The van der Waals surface area contributed by atoms with Gasteiger partial charge >= 0.3 is 0 Å². The zero-order valence-corrected chi connectivity index (χ0v) is 21.8. The highest BCUT2D eigenvalue weighted by atomic mass is 35.5. The van der Waals surface area contributed by atoms with Crippen molar-refractivity contribution in [2.45, 2.75) is 20.8 Å². The third-order valence-corrected chi connectivity index (χ3v) is 5.87. The number of benzene rings is 3. The first-order chi connectivity index (χ1) is 18.3. The molecule has 3 aromatic carbocycles. The van der Waals surface area contributed by atoms with E-state index in [4.69, 9.17) is 21.1 Å². The maximum Gasteiger partial charge on any atom is 0.260 e. The molecule has 0 aliphatic carbocycles. The van der Waals surface area contributed by atoms with Gasteiger partial charge in [0.15, 0.2) is 0 Å². The molecule has 0 spiro atoms. The van der Waals surface area contributed by atoms with Crippen LogP contribution in [0.5, 0.6) is 11.5 Å². The average molecular weight is 537 g/mol. The molecule has 0 aliphatic rings. The van der Waals surface area contributed by atoms with Gasteiger partial charge in [0.25, 0.3) is 11.8 Å². The Bertz CT molecular complexity index is 1460. The summed E-state index contributed by atoms with van der Waals surface area (Å²) in [6.45, 7) is 5.89. The number of amides is 2. The van der Waals surface area contributed by atoms with Crippen LogP contribution < -0.4 is 20.1 Å². The number of hydrogen-bond acceptors (Lipinski definition) is 5. The summed E-state index contributed by atoms with van der Waals surface area (Å²) < 4.78 is 26.3. The molecule has 196 valence electrons. The molecule has 0 unspecified atom stereocenters. The fraction of sp³-hybridized carbons (Fsp3) is 0.179. The van der Waals surface area contributed by atoms with Crippen LogP contribution in [-0.4, -0.2) is 34.8 Å². The van der Waals surface area contributed by atoms with Gasteiger partial charge in [-0.2, -0.15) is 5.10 Å². The summed E-state index contributed by atoms with van der Waals surface area (Å²) in [5.74, 6) is -0.769. The average Bonchev–Trinajstić information content (AvgIpc) is 3.21. The van der Waals surface area contributed by atoms with E-state index in [1.165, 1.54) is 28.9 Å². The molecule has 0 saturated heterocycles. The molecule has 0 bridgehead atoms. The summed E-state index contributed by atoms with van der Waals surface area (Å²) in [5.41, 5.74) is 2.29. The summed E-state index contributed by atoms with van der Waals surface area (Å²) in [5, 5.41) is 10.2. The largest absolute Gasteiger partial charge is 0.492 e. The number of halogens is 2. The Balaban J connectivity index is 1.66. The van der Waals surface area contributed by atoms with Crippen LogP contribution in [0, 0.1) is 12.7 Å². The number of hydrogen-bond donors (Lipinski definition) is 2. The topological polar surface area (TPSA) is 94.5 Å². The molecule has 0 aliphatic heterocycles. The van der Waals surface area contributed by atoms with Gasteiger partial charge in [0.05, 0.1) is 36.0 Å². The summed E-state index contributed by atoms with van der Waals surface area (Å²) >= 11 is 6.57. The van der Waals surface area contributed by atoms with Gasteiger partial charge in [0.1, 0.15) is 28.0 Å². The maximum absolute atomic E-state index is 13.4. The Labute approximate surface area is 224 Å². The molecule has 8 nitrogen and oxygen atoms in total. The molecular formula is C28H26ClFN4O4. The number of aryl methyl sites for hydroxylation is 1. The highest BCUT2D eigenvalue weighted by Crippen LogP contribution is 2.38. The molecule has 4 rings (SSSR count). The Morgan fingerprint density at radius 2 is 1.45 bits per heavy atom. The number of nitrogens with one attached hydrogen (secondary N) is 2. The van der Waals surface area contributed by atoms with Crippen LogP contribution in [0.25, 0.3) is 5.69 Å². The van der Waals surface area contributed by atoms with Gasteiger partial charge in [0.2, 0.25) is 0 Å². The van der Waals surface area contributed by atoms with E-state index >= 15 is 0 Å². The van der Waals surface area contributed by atoms with Crippen molar-refractivity contribution in [3.8, 4) is 17.2 Å². The number of ether oxygens (including phenoxy) is 2. The van der Waals surface area contributed by atoms with Crippen molar-refractivity contribution >= 4 is 34.8 Å². The SMILES string of the molecule is CCOc1cc(NC(=O)c2c(C)nn(-c3ccccc3)c2Cl)c(OCC)cc1NC(=O)c1ccc(F)cc1. The van der Waals surface area contributed by atoms with E-state index in [1.807, 2.05) is 30.3 Å².